The van der Waals surface area contributed by atoms with Crippen LogP contribution >= 0.6 is 11.3 Å². The maximum absolute atomic E-state index is 12.0. The molecule has 0 radical (unpaired) electrons. The minimum Gasteiger partial charge on any atom is -0.343 e. The molecule has 3 rings (SSSR count). The van der Waals surface area contributed by atoms with E-state index in [0.29, 0.717) is 44.1 Å². The molecule has 0 bridgehead atoms. The van der Waals surface area contributed by atoms with Crippen molar-refractivity contribution in [1.29, 1.82) is 0 Å². The van der Waals surface area contributed by atoms with Crippen molar-refractivity contribution in [3.63, 3.8) is 0 Å². The second-order valence-electron chi connectivity index (χ2n) is 5.65. The molecule has 122 valence electrons. The summed E-state index contributed by atoms with van der Waals surface area (Å²) >= 11 is 1.59. The van der Waals surface area contributed by atoms with Crippen molar-refractivity contribution in [2.75, 3.05) is 13.1 Å². The molecule has 3 heterocycles. The van der Waals surface area contributed by atoms with Gasteiger partial charge in [0.1, 0.15) is 6.29 Å². The first-order valence-electron chi connectivity index (χ1n) is 7.87. The van der Waals surface area contributed by atoms with Crippen molar-refractivity contribution in [1.82, 2.24) is 15.0 Å². The Hall–Kier alpha value is -2.02. The van der Waals surface area contributed by atoms with Crippen LogP contribution in [0, 0.1) is 0 Å². The van der Waals surface area contributed by atoms with E-state index < -0.39 is 0 Å². The molecular formula is C16H19N3O3S. The van der Waals surface area contributed by atoms with Gasteiger partial charge in [0.05, 0.1) is 4.88 Å². The highest BCUT2D eigenvalue weighted by Gasteiger charge is 2.27. The fourth-order valence-corrected chi connectivity index (χ4v) is 3.43. The molecule has 2 aromatic rings. The number of hydrogen-bond acceptors (Lipinski definition) is 6. The lowest BCUT2D eigenvalue weighted by molar-refractivity contribution is -0.132. The van der Waals surface area contributed by atoms with Gasteiger partial charge >= 0.3 is 0 Å². The molecule has 23 heavy (non-hydrogen) atoms. The van der Waals surface area contributed by atoms with Crippen molar-refractivity contribution >= 4 is 23.5 Å². The van der Waals surface area contributed by atoms with Gasteiger partial charge in [-0.05, 0) is 30.7 Å². The van der Waals surface area contributed by atoms with Gasteiger partial charge in [-0.3, -0.25) is 4.79 Å². The Morgan fingerprint density at radius 2 is 2.26 bits per heavy atom. The van der Waals surface area contributed by atoms with E-state index in [4.69, 9.17) is 4.52 Å². The SMILES string of the molecule is O=CCCCC(=O)N1CCC(c2nc(-c3cccs3)no2)CC1. The van der Waals surface area contributed by atoms with Crippen LogP contribution in [-0.2, 0) is 9.59 Å². The molecule has 1 saturated heterocycles. The molecule has 1 amide bonds. The van der Waals surface area contributed by atoms with Gasteiger partial charge in [0.25, 0.3) is 0 Å². The first-order valence-corrected chi connectivity index (χ1v) is 8.75. The summed E-state index contributed by atoms with van der Waals surface area (Å²) in [6, 6.07) is 3.94. The molecule has 2 aromatic heterocycles. The quantitative estimate of drug-likeness (QED) is 0.600. The first kappa shape index (κ1) is 15.9. The van der Waals surface area contributed by atoms with Crippen LogP contribution in [0.1, 0.15) is 43.9 Å². The highest BCUT2D eigenvalue weighted by molar-refractivity contribution is 7.13. The minimum absolute atomic E-state index is 0.134. The summed E-state index contributed by atoms with van der Waals surface area (Å²) in [4.78, 5) is 29.7. The van der Waals surface area contributed by atoms with Crippen LogP contribution in [0.25, 0.3) is 10.7 Å². The monoisotopic (exact) mass is 333 g/mol. The lowest BCUT2D eigenvalue weighted by atomic mass is 9.96. The van der Waals surface area contributed by atoms with E-state index in [9.17, 15) is 9.59 Å². The van der Waals surface area contributed by atoms with Gasteiger partial charge in [0.15, 0.2) is 0 Å². The van der Waals surface area contributed by atoms with Crippen LogP contribution in [0.4, 0.5) is 0 Å². The van der Waals surface area contributed by atoms with Gasteiger partial charge in [0, 0.05) is 31.8 Å². The number of likely N-dealkylation sites (tertiary alicyclic amines) is 1. The fraction of sp³-hybridized carbons (Fsp3) is 0.500. The second kappa shape index (κ2) is 7.50. The number of amides is 1. The van der Waals surface area contributed by atoms with Gasteiger partial charge in [-0.2, -0.15) is 4.98 Å². The van der Waals surface area contributed by atoms with Gasteiger partial charge in [-0.15, -0.1) is 11.3 Å². The van der Waals surface area contributed by atoms with Gasteiger partial charge in [-0.1, -0.05) is 11.2 Å². The third-order valence-electron chi connectivity index (χ3n) is 4.09. The van der Waals surface area contributed by atoms with E-state index >= 15 is 0 Å². The molecule has 1 aliphatic rings. The standard InChI is InChI=1S/C16H19N3O3S/c20-10-2-1-5-14(21)19-8-6-12(7-9-19)16-17-15(18-22-16)13-4-3-11-23-13/h3-4,10-12H,1-2,5-9H2. The van der Waals surface area contributed by atoms with E-state index in [1.165, 1.54) is 0 Å². The average Bonchev–Trinajstić information content (AvgIpc) is 3.26. The number of aromatic nitrogens is 2. The number of unbranched alkanes of at least 4 members (excludes halogenated alkanes) is 1. The molecular weight excluding hydrogens is 314 g/mol. The first-order chi connectivity index (χ1) is 11.3. The summed E-state index contributed by atoms with van der Waals surface area (Å²) in [5.41, 5.74) is 0. The number of thiophene rings is 1. The summed E-state index contributed by atoms with van der Waals surface area (Å²) in [6.07, 6.45) is 4.08. The highest BCUT2D eigenvalue weighted by Crippen LogP contribution is 2.29. The minimum atomic E-state index is 0.134. The fourth-order valence-electron chi connectivity index (χ4n) is 2.78. The number of rotatable bonds is 6. The predicted octanol–water partition coefficient (Wildman–Crippen LogP) is 2.87. The molecule has 0 saturated carbocycles. The molecule has 0 atom stereocenters. The topological polar surface area (TPSA) is 76.3 Å². The number of nitrogens with zero attached hydrogens (tertiary/aromatic N) is 3. The zero-order valence-corrected chi connectivity index (χ0v) is 13.6. The normalized spacial score (nSPS) is 15.7. The average molecular weight is 333 g/mol. The van der Waals surface area contributed by atoms with Crippen LogP contribution in [0.5, 0.6) is 0 Å². The van der Waals surface area contributed by atoms with E-state index in [0.717, 1.165) is 24.0 Å². The number of hydrogen-bond donors (Lipinski definition) is 0. The predicted molar refractivity (Wildman–Crippen MR) is 86.1 cm³/mol. The molecule has 0 unspecified atom stereocenters. The third-order valence-corrected chi connectivity index (χ3v) is 4.96. The molecule has 0 N–H and O–H groups in total. The number of carbonyl (C=O) groups excluding carboxylic acids is 2. The largest absolute Gasteiger partial charge is 0.343 e. The Labute approximate surface area is 138 Å². The summed E-state index contributed by atoms with van der Waals surface area (Å²) in [5.74, 6) is 1.66. The van der Waals surface area contributed by atoms with Crippen LogP contribution in [0.3, 0.4) is 0 Å². The molecule has 0 spiro atoms. The lowest BCUT2D eigenvalue weighted by Crippen LogP contribution is -2.37. The molecule has 0 aromatic carbocycles. The summed E-state index contributed by atoms with van der Waals surface area (Å²) in [6.45, 7) is 1.42. The molecule has 1 fully saturated rings. The van der Waals surface area contributed by atoms with Gasteiger partial charge < -0.3 is 14.2 Å². The second-order valence-corrected chi connectivity index (χ2v) is 6.60. The maximum Gasteiger partial charge on any atom is 0.230 e. The Morgan fingerprint density at radius 1 is 1.43 bits per heavy atom. The van der Waals surface area contributed by atoms with Gasteiger partial charge in [0.2, 0.25) is 17.6 Å². The van der Waals surface area contributed by atoms with Crippen molar-refractivity contribution < 1.29 is 14.1 Å². The van der Waals surface area contributed by atoms with Crippen molar-refractivity contribution in [3.8, 4) is 10.7 Å². The van der Waals surface area contributed by atoms with Crippen molar-refractivity contribution in [3.05, 3.63) is 23.4 Å². The Morgan fingerprint density at radius 3 is 2.96 bits per heavy atom. The zero-order valence-electron chi connectivity index (χ0n) is 12.8. The van der Waals surface area contributed by atoms with Crippen LogP contribution in [0.2, 0.25) is 0 Å². The Balaban J connectivity index is 1.53. The zero-order chi connectivity index (χ0) is 16.1. The van der Waals surface area contributed by atoms with Crippen molar-refractivity contribution in [2.45, 2.75) is 38.0 Å². The summed E-state index contributed by atoms with van der Waals surface area (Å²) in [7, 11) is 0. The van der Waals surface area contributed by atoms with Crippen LogP contribution in [0.15, 0.2) is 22.0 Å². The molecule has 7 heteroatoms. The highest BCUT2D eigenvalue weighted by atomic mass is 32.1. The smallest absolute Gasteiger partial charge is 0.230 e. The molecule has 1 aliphatic heterocycles. The lowest BCUT2D eigenvalue weighted by Gasteiger charge is -2.30. The van der Waals surface area contributed by atoms with E-state index in [2.05, 4.69) is 10.1 Å². The maximum atomic E-state index is 12.0. The van der Waals surface area contributed by atoms with Gasteiger partial charge in [-0.25, -0.2) is 0 Å². The summed E-state index contributed by atoms with van der Waals surface area (Å²) in [5, 5.41) is 6.03. The number of aldehydes is 1. The van der Waals surface area contributed by atoms with E-state index in [1.807, 2.05) is 22.4 Å². The number of piperidine rings is 1. The van der Waals surface area contributed by atoms with Crippen LogP contribution in [-0.4, -0.2) is 40.3 Å². The third kappa shape index (κ3) is 3.85. The summed E-state index contributed by atoms with van der Waals surface area (Å²) < 4.78 is 5.41. The van der Waals surface area contributed by atoms with E-state index in [1.54, 1.807) is 11.3 Å². The Bertz CT molecular complexity index is 645. The van der Waals surface area contributed by atoms with Crippen LogP contribution < -0.4 is 0 Å². The Kier molecular flexibility index (Phi) is 5.17. The van der Waals surface area contributed by atoms with Crippen molar-refractivity contribution in [2.24, 2.45) is 0 Å². The molecule has 0 aliphatic carbocycles. The number of carbonyl (C=O) groups is 2. The van der Waals surface area contributed by atoms with E-state index in [-0.39, 0.29) is 11.8 Å². The molecule has 6 nitrogen and oxygen atoms in total.